The number of aryl methyl sites for hydroxylation is 1. The number of carbonyl (C=O) groups excluding carboxylic acids is 1. The van der Waals surface area contributed by atoms with Gasteiger partial charge in [-0.25, -0.2) is 0 Å². The van der Waals surface area contributed by atoms with Crippen LogP contribution >= 0.6 is 12.4 Å². The molecule has 0 aromatic heterocycles. The Balaban J connectivity index is 0.00000176. The predicted molar refractivity (Wildman–Crippen MR) is 91.0 cm³/mol. The van der Waals surface area contributed by atoms with Crippen LogP contribution < -0.4 is 10.6 Å². The predicted octanol–water partition coefficient (Wildman–Crippen LogP) is 2.75. The second-order valence-corrected chi connectivity index (χ2v) is 5.55. The van der Waals surface area contributed by atoms with Crippen molar-refractivity contribution in [1.82, 2.24) is 10.6 Å². The van der Waals surface area contributed by atoms with E-state index in [1.807, 2.05) is 24.3 Å². The first-order valence-corrected chi connectivity index (χ1v) is 7.36. The third kappa shape index (κ3) is 3.67. The molecule has 2 N–H and O–H groups in total. The SMILES string of the molecule is Cc1ccccc1CNC(=O)C1Cc2ccccc2CN1.Cl. The van der Waals surface area contributed by atoms with Crippen molar-refractivity contribution in [3.63, 3.8) is 0 Å². The van der Waals surface area contributed by atoms with Gasteiger partial charge >= 0.3 is 0 Å². The van der Waals surface area contributed by atoms with Gasteiger partial charge in [-0.3, -0.25) is 4.79 Å². The van der Waals surface area contributed by atoms with Crippen molar-refractivity contribution in [3.8, 4) is 0 Å². The number of benzene rings is 2. The van der Waals surface area contributed by atoms with Gasteiger partial charge in [0.25, 0.3) is 0 Å². The number of halogens is 1. The maximum absolute atomic E-state index is 12.3. The van der Waals surface area contributed by atoms with E-state index in [2.05, 4.69) is 41.8 Å². The third-order valence-electron chi connectivity index (χ3n) is 4.11. The fourth-order valence-electron chi connectivity index (χ4n) is 2.75. The van der Waals surface area contributed by atoms with Gasteiger partial charge < -0.3 is 10.6 Å². The Kier molecular flexibility index (Phi) is 5.58. The van der Waals surface area contributed by atoms with Gasteiger partial charge in [0, 0.05) is 13.1 Å². The molecule has 116 valence electrons. The van der Waals surface area contributed by atoms with Gasteiger partial charge in [0.15, 0.2) is 0 Å². The molecule has 3 nitrogen and oxygen atoms in total. The van der Waals surface area contributed by atoms with Gasteiger partial charge in [-0.15, -0.1) is 12.4 Å². The second kappa shape index (κ2) is 7.43. The maximum Gasteiger partial charge on any atom is 0.237 e. The zero-order valence-electron chi connectivity index (χ0n) is 12.6. The van der Waals surface area contributed by atoms with E-state index in [9.17, 15) is 4.79 Å². The first kappa shape index (κ1) is 16.5. The van der Waals surface area contributed by atoms with Crippen LogP contribution in [0, 0.1) is 6.92 Å². The average Bonchev–Trinajstić information content (AvgIpc) is 2.53. The van der Waals surface area contributed by atoms with Crippen molar-refractivity contribution < 1.29 is 4.79 Å². The summed E-state index contributed by atoms with van der Waals surface area (Å²) in [5, 5.41) is 6.35. The lowest BCUT2D eigenvalue weighted by atomic mass is 9.95. The number of rotatable bonds is 3. The van der Waals surface area contributed by atoms with E-state index in [4.69, 9.17) is 0 Å². The van der Waals surface area contributed by atoms with Crippen LogP contribution in [-0.2, 0) is 24.3 Å². The van der Waals surface area contributed by atoms with E-state index in [-0.39, 0.29) is 24.4 Å². The molecule has 1 amide bonds. The largest absolute Gasteiger partial charge is 0.351 e. The van der Waals surface area contributed by atoms with Crippen LogP contribution in [0.3, 0.4) is 0 Å². The molecular formula is C18H21ClN2O. The van der Waals surface area contributed by atoms with Crippen molar-refractivity contribution in [2.45, 2.75) is 32.5 Å². The van der Waals surface area contributed by atoms with Crippen LogP contribution in [0.1, 0.15) is 22.3 Å². The number of hydrogen-bond acceptors (Lipinski definition) is 2. The normalized spacial score (nSPS) is 16.3. The summed E-state index contributed by atoms with van der Waals surface area (Å²) >= 11 is 0. The Morgan fingerprint density at radius 3 is 2.59 bits per heavy atom. The van der Waals surface area contributed by atoms with E-state index >= 15 is 0 Å². The fourth-order valence-corrected chi connectivity index (χ4v) is 2.75. The molecule has 0 saturated heterocycles. The van der Waals surface area contributed by atoms with E-state index < -0.39 is 0 Å². The lowest BCUT2D eigenvalue weighted by Crippen LogP contribution is -2.47. The molecule has 0 spiro atoms. The van der Waals surface area contributed by atoms with Crippen LogP contribution in [0.25, 0.3) is 0 Å². The first-order valence-electron chi connectivity index (χ1n) is 7.36. The van der Waals surface area contributed by atoms with Gasteiger partial charge in [-0.05, 0) is 35.6 Å². The van der Waals surface area contributed by atoms with E-state index in [1.54, 1.807) is 0 Å². The summed E-state index contributed by atoms with van der Waals surface area (Å²) < 4.78 is 0. The van der Waals surface area contributed by atoms with Gasteiger partial charge in [0.1, 0.15) is 0 Å². The lowest BCUT2D eigenvalue weighted by Gasteiger charge is -2.25. The summed E-state index contributed by atoms with van der Waals surface area (Å²) in [7, 11) is 0. The van der Waals surface area contributed by atoms with Crippen molar-refractivity contribution in [3.05, 3.63) is 70.8 Å². The smallest absolute Gasteiger partial charge is 0.237 e. The zero-order valence-corrected chi connectivity index (χ0v) is 13.5. The standard InChI is InChI=1S/C18H20N2O.ClH/c1-13-6-2-3-8-15(13)11-20-18(21)17-10-14-7-4-5-9-16(14)12-19-17;/h2-9,17,19H,10-12H2,1H3,(H,20,21);1H. The minimum atomic E-state index is -0.135. The highest BCUT2D eigenvalue weighted by Gasteiger charge is 2.23. The summed E-state index contributed by atoms with van der Waals surface area (Å²) in [5.74, 6) is 0.0766. The summed E-state index contributed by atoms with van der Waals surface area (Å²) in [6, 6.07) is 16.3. The summed E-state index contributed by atoms with van der Waals surface area (Å²) in [4.78, 5) is 12.3. The Labute approximate surface area is 137 Å². The van der Waals surface area contributed by atoms with Gasteiger partial charge in [0.05, 0.1) is 6.04 Å². The minimum absolute atomic E-state index is 0. The highest BCUT2D eigenvalue weighted by atomic mass is 35.5. The molecule has 1 heterocycles. The monoisotopic (exact) mass is 316 g/mol. The van der Waals surface area contributed by atoms with E-state index in [0.717, 1.165) is 13.0 Å². The highest BCUT2D eigenvalue weighted by molar-refractivity contribution is 5.85. The molecule has 1 aliphatic heterocycles. The topological polar surface area (TPSA) is 41.1 Å². The van der Waals surface area contributed by atoms with Crippen LogP contribution in [0.2, 0.25) is 0 Å². The maximum atomic E-state index is 12.3. The summed E-state index contributed by atoms with van der Waals surface area (Å²) in [5.41, 5.74) is 4.94. The molecule has 1 aliphatic rings. The lowest BCUT2D eigenvalue weighted by molar-refractivity contribution is -0.123. The Morgan fingerprint density at radius 1 is 1.14 bits per heavy atom. The number of hydrogen-bond donors (Lipinski definition) is 2. The summed E-state index contributed by atoms with van der Waals surface area (Å²) in [6.07, 6.45) is 0.760. The first-order chi connectivity index (χ1) is 10.2. The molecule has 0 radical (unpaired) electrons. The van der Waals surface area contributed by atoms with E-state index in [0.29, 0.717) is 6.54 Å². The van der Waals surface area contributed by atoms with Crippen LogP contribution in [-0.4, -0.2) is 11.9 Å². The van der Waals surface area contributed by atoms with Crippen molar-refractivity contribution in [1.29, 1.82) is 0 Å². The van der Waals surface area contributed by atoms with Crippen molar-refractivity contribution in [2.75, 3.05) is 0 Å². The molecule has 0 aliphatic carbocycles. The van der Waals surface area contributed by atoms with Gasteiger partial charge in [0.2, 0.25) is 5.91 Å². The number of nitrogens with one attached hydrogen (secondary N) is 2. The van der Waals surface area contributed by atoms with Crippen LogP contribution in [0.4, 0.5) is 0 Å². The molecule has 22 heavy (non-hydrogen) atoms. The molecular weight excluding hydrogens is 296 g/mol. The number of amides is 1. The number of fused-ring (bicyclic) bond motifs is 1. The highest BCUT2D eigenvalue weighted by Crippen LogP contribution is 2.16. The van der Waals surface area contributed by atoms with Crippen LogP contribution in [0.5, 0.6) is 0 Å². The molecule has 2 aromatic carbocycles. The molecule has 1 atom stereocenters. The molecule has 3 rings (SSSR count). The minimum Gasteiger partial charge on any atom is -0.351 e. The molecule has 0 bridgehead atoms. The second-order valence-electron chi connectivity index (χ2n) is 5.55. The van der Waals surface area contributed by atoms with Crippen molar-refractivity contribution in [2.24, 2.45) is 0 Å². The Bertz CT molecular complexity index is 657. The quantitative estimate of drug-likeness (QED) is 0.914. The number of carbonyl (C=O) groups is 1. The Hall–Kier alpha value is -1.84. The molecule has 0 saturated carbocycles. The van der Waals surface area contributed by atoms with Crippen molar-refractivity contribution >= 4 is 18.3 Å². The van der Waals surface area contributed by atoms with Gasteiger partial charge in [-0.1, -0.05) is 48.5 Å². The third-order valence-corrected chi connectivity index (χ3v) is 4.11. The van der Waals surface area contributed by atoms with Gasteiger partial charge in [-0.2, -0.15) is 0 Å². The van der Waals surface area contributed by atoms with E-state index in [1.165, 1.54) is 22.3 Å². The zero-order chi connectivity index (χ0) is 14.7. The van der Waals surface area contributed by atoms with Crippen LogP contribution in [0.15, 0.2) is 48.5 Å². The molecule has 4 heteroatoms. The molecule has 2 aromatic rings. The molecule has 0 fully saturated rings. The molecule has 1 unspecified atom stereocenters. The summed E-state index contributed by atoms with van der Waals surface area (Å²) in [6.45, 7) is 3.42. The average molecular weight is 317 g/mol. The Morgan fingerprint density at radius 2 is 1.82 bits per heavy atom. The fraction of sp³-hybridized carbons (Fsp3) is 0.278.